The zero-order valence-electron chi connectivity index (χ0n) is 11.8. The molecule has 1 aromatic carbocycles. The van der Waals surface area contributed by atoms with E-state index in [0.29, 0.717) is 13.1 Å². The maximum atomic E-state index is 10.3. The number of benzene rings is 1. The van der Waals surface area contributed by atoms with E-state index in [-0.39, 0.29) is 0 Å². The normalized spacial score (nSPS) is 13.9. The first-order chi connectivity index (χ1) is 8.33. The molecule has 18 heavy (non-hydrogen) atoms. The number of aliphatic hydroxyl groups excluding tert-OH is 1. The van der Waals surface area contributed by atoms with Crippen LogP contribution in [0.2, 0.25) is 0 Å². The number of hydrogen-bond acceptors (Lipinski definition) is 3. The Morgan fingerprint density at radius 1 is 1.28 bits per heavy atom. The van der Waals surface area contributed by atoms with Gasteiger partial charge in [-0.1, -0.05) is 31.2 Å². The molecule has 0 bridgehead atoms. The van der Waals surface area contributed by atoms with E-state index in [2.05, 4.69) is 4.90 Å². The van der Waals surface area contributed by atoms with Gasteiger partial charge in [-0.2, -0.15) is 0 Å². The fourth-order valence-corrected chi connectivity index (χ4v) is 2.16. The van der Waals surface area contributed by atoms with Crippen molar-refractivity contribution in [1.29, 1.82) is 0 Å². The molecule has 3 nitrogen and oxygen atoms in total. The molecule has 0 amide bonds. The van der Waals surface area contributed by atoms with Crippen LogP contribution in [0.1, 0.15) is 38.0 Å². The van der Waals surface area contributed by atoms with Gasteiger partial charge >= 0.3 is 0 Å². The van der Waals surface area contributed by atoms with Crippen LogP contribution in [0, 0.1) is 6.92 Å². The summed E-state index contributed by atoms with van der Waals surface area (Å²) in [6, 6.07) is 7.88. The lowest BCUT2D eigenvalue weighted by molar-refractivity contribution is 0.0202. The summed E-state index contributed by atoms with van der Waals surface area (Å²) < 4.78 is 0. The van der Waals surface area contributed by atoms with Gasteiger partial charge < -0.3 is 10.2 Å². The number of aryl methyl sites for hydroxylation is 1. The van der Waals surface area contributed by atoms with Gasteiger partial charge in [0.1, 0.15) is 0 Å². The molecular formula is C15H25NO2. The minimum absolute atomic E-state index is 0.506. The van der Waals surface area contributed by atoms with Crippen molar-refractivity contribution in [2.45, 2.75) is 39.4 Å². The topological polar surface area (TPSA) is 43.7 Å². The van der Waals surface area contributed by atoms with Gasteiger partial charge in [0.25, 0.3) is 0 Å². The molecule has 1 unspecified atom stereocenters. The van der Waals surface area contributed by atoms with Gasteiger partial charge in [-0.05, 0) is 38.4 Å². The molecule has 0 radical (unpaired) electrons. The first-order valence-corrected chi connectivity index (χ1v) is 6.52. The zero-order valence-corrected chi connectivity index (χ0v) is 11.8. The molecule has 1 rings (SSSR count). The summed E-state index contributed by atoms with van der Waals surface area (Å²) in [5, 5.41) is 20.1. The van der Waals surface area contributed by atoms with E-state index in [0.717, 1.165) is 17.7 Å². The van der Waals surface area contributed by atoms with Crippen LogP contribution in [0.15, 0.2) is 24.3 Å². The van der Waals surface area contributed by atoms with Gasteiger partial charge in [0.05, 0.1) is 11.7 Å². The molecule has 102 valence electrons. The summed E-state index contributed by atoms with van der Waals surface area (Å²) in [5.74, 6) is 0. The molecule has 0 saturated carbocycles. The lowest BCUT2D eigenvalue weighted by atomic mass is 10.0. The molecule has 0 heterocycles. The van der Waals surface area contributed by atoms with Crippen LogP contribution in [0.3, 0.4) is 0 Å². The Morgan fingerprint density at radius 3 is 2.39 bits per heavy atom. The molecule has 0 aromatic heterocycles. The zero-order chi connectivity index (χ0) is 13.8. The second kappa shape index (κ2) is 6.32. The number of likely N-dealkylation sites (N-methyl/N-ethyl adjacent to an activating group) is 1. The second-order valence-corrected chi connectivity index (χ2v) is 5.51. The van der Waals surface area contributed by atoms with Crippen LogP contribution >= 0.6 is 0 Å². The molecular weight excluding hydrogens is 226 g/mol. The predicted octanol–water partition coefficient (Wildman–Crippen LogP) is 2.12. The van der Waals surface area contributed by atoms with Gasteiger partial charge in [-0.3, -0.25) is 4.90 Å². The Kier molecular flexibility index (Phi) is 5.32. The highest BCUT2D eigenvalue weighted by atomic mass is 16.3. The quantitative estimate of drug-likeness (QED) is 0.814. The number of nitrogens with zero attached hydrogens (tertiary/aromatic N) is 1. The Hall–Kier alpha value is -0.900. The van der Waals surface area contributed by atoms with E-state index in [4.69, 9.17) is 0 Å². The standard InChI is InChI=1S/C15H25NO2/c1-5-16(11-15(3,4)18)10-14(17)13-9-7-6-8-12(13)2/h6-9,14,17-18H,5,10-11H2,1-4H3. The van der Waals surface area contributed by atoms with E-state index in [1.54, 1.807) is 13.8 Å². The molecule has 0 aliphatic heterocycles. The highest BCUT2D eigenvalue weighted by molar-refractivity contribution is 5.27. The van der Waals surface area contributed by atoms with Crippen molar-refractivity contribution in [1.82, 2.24) is 4.90 Å². The maximum Gasteiger partial charge on any atom is 0.0919 e. The van der Waals surface area contributed by atoms with Gasteiger partial charge in [0.2, 0.25) is 0 Å². The smallest absolute Gasteiger partial charge is 0.0919 e. The number of hydrogen-bond donors (Lipinski definition) is 2. The van der Waals surface area contributed by atoms with E-state index in [9.17, 15) is 10.2 Å². The minimum Gasteiger partial charge on any atom is -0.389 e. The lowest BCUT2D eigenvalue weighted by Gasteiger charge is -2.30. The van der Waals surface area contributed by atoms with E-state index < -0.39 is 11.7 Å². The second-order valence-electron chi connectivity index (χ2n) is 5.51. The summed E-state index contributed by atoms with van der Waals surface area (Å²) in [4.78, 5) is 2.07. The summed E-state index contributed by atoms with van der Waals surface area (Å²) in [6.07, 6.45) is -0.506. The Balaban J connectivity index is 2.68. The Bertz CT molecular complexity index is 371. The van der Waals surface area contributed by atoms with Crippen LogP contribution in [-0.4, -0.2) is 40.3 Å². The largest absolute Gasteiger partial charge is 0.389 e. The average Bonchev–Trinajstić information content (AvgIpc) is 2.26. The molecule has 1 aromatic rings. The monoisotopic (exact) mass is 251 g/mol. The molecule has 0 spiro atoms. The van der Waals surface area contributed by atoms with E-state index >= 15 is 0 Å². The van der Waals surface area contributed by atoms with Crippen molar-refractivity contribution in [3.63, 3.8) is 0 Å². The van der Waals surface area contributed by atoms with Crippen LogP contribution in [-0.2, 0) is 0 Å². The summed E-state index contributed by atoms with van der Waals surface area (Å²) in [6.45, 7) is 9.54. The number of aliphatic hydroxyl groups is 2. The summed E-state index contributed by atoms with van der Waals surface area (Å²) >= 11 is 0. The van der Waals surface area contributed by atoms with Gasteiger partial charge in [-0.15, -0.1) is 0 Å². The van der Waals surface area contributed by atoms with Crippen molar-refractivity contribution in [3.05, 3.63) is 35.4 Å². The third-order valence-corrected chi connectivity index (χ3v) is 3.04. The average molecular weight is 251 g/mol. The van der Waals surface area contributed by atoms with Gasteiger partial charge in [-0.25, -0.2) is 0 Å². The van der Waals surface area contributed by atoms with Crippen molar-refractivity contribution in [2.75, 3.05) is 19.6 Å². The predicted molar refractivity (Wildman–Crippen MR) is 74.6 cm³/mol. The summed E-state index contributed by atoms with van der Waals surface area (Å²) in [5.41, 5.74) is 1.33. The van der Waals surface area contributed by atoms with Crippen molar-refractivity contribution >= 4 is 0 Å². The van der Waals surface area contributed by atoms with Crippen LogP contribution in [0.5, 0.6) is 0 Å². The third kappa shape index (κ3) is 4.77. The lowest BCUT2D eigenvalue weighted by Crippen LogP contribution is -2.40. The first-order valence-electron chi connectivity index (χ1n) is 6.52. The summed E-state index contributed by atoms with van der Waals surface area (Å²) in [7, 11) is 0. The van der Waals surface area contributed by atoms with Crippen molar-refractivity contribution in [2.24, 2.45) is 0 Å². The molecule has 2 N–H and O–H groups in total. The number of rotatable bonds is 6. The highest BCUT2D eigenvalue weighted by Gasteiger charge is 2.20. The highest BCUT2D eigenvalue weighted by Crippen LogP contribution is 2.19. The third-order valence-electron chi connectivity index (χ3n) is 3.04. The van der Waals surface area contributed by atoms with Crippen LogP contribution in [0.25, 0.3) is 0 Å². The SMILES string of the molecule is CCN(CC(O)c1ccccc1C)CC(C)(C)O. The van der Waals surface area contributed by atoms with Crippen LogP contribution < -0.4 is 0 Å². The van der Waals surface area contributed by atoms with E-state index in [1.807, 2.05) is 38.1 Å². The van der Waals surface area contributed by atoms with Crippen molar-refractivity contribution in [3.8, 4) is 0 Å². The van der Waals surface area contributed by atoms with Gasteiger partial charge in [0, 0.05) is 13.1 Å². The van der Waals surface area contributed by atoms with Crippen molar-refractivity contribution < 1.29 is 10.2 Å². The first kappa shape index (κ1) is 15.2. The molecule has 0 aliphatic rings. The maximum absolute atomic E-state index is 10.3. The minimum atomic E-state index is -0.735. The molecule has 0 aliphatic carbocycles. The van der Waals surface area contributed by atoms with Gasteiger partial charge in [0.15, 0.2) is 0 Å². The fourth-order valence-electron chi connectivity index (χ4n) is 2.16. The Labute approximate surface area is 110 Å². The molecule has 3 heteroatoms. The van der Waals surface area contributed by atoms with Crippen LogP contribution in [0.4, 0.5) is 0 Å². The fraction of sp³-hybridized carbons (Fsp3) is 0.600. The molecule has 0 fully saturated rings. The molecule has 0 saturated heterocycles. The Morgan fingerprint density at radius 2 is 1.89 bits per heavy atom. The van der Waals surface area contributed by atoms with E-state index in [1.165, 1.54) is 0 Å². The molecule has 1 atom stereocenters.